The van der Waals surface area contributed by atoms with Crippen LogP contribution in [-0.4, -0.2) is 70.2 Å². The van der Waals surface area contributed by atoms with Gasteiger partial charge in [-0.05, 0) is 62.8 Å². The van der Waals surface area contributed by atoms with Gasteiger partial charge in [0.1, 0.15) is 29.3 Å². The molecule has 1 aromatic carbocycles. The number of aliphatic hydroxyl groups is 2. The number of rotatable bonds is 7. The third kappa shape index (κ3) is 7.06. The van der Waals surface area contributed by atoms with Gasteiger partial charge in [-0.25, -0.2) is 4.79 Å². The third-order valence-corrected chi connectivity index (χ3v) is 10.0. The Balaban J connectivity index is 1.69. The van der Waals surface area contributed by atoms with Crippen molar-refractivity contribution in [3.63, 3.8) is 0 Å². The maximum absolute atomic E-state index is 13.1. The molecular weight excluding hydrogens is 624 g/mol. The smallest absolute Gasteiger partial charge is 0.334 e. The van der Waals surface area contributed by atoms with Gasteiger partial charge in [-0.15, -0.1) is 0 Å². The molecule has 0 radical (unpaired) electrons. The first-order valence-corrected chi connectivity index (χ1v) is 15.7. The molecule has 3 N–H and O–H groups in total. The number of esters is 2. The molecular formula is C32H45BrO10. The zero-order valence-corrected chi connectivity index (χ0v) is 27.5. The molecule has 0 aromatic heterocycles. The lowest BCUT2D eigenvalue weighted by molar-refractivity contribution is -0.371. The van der Waals surface area contributed by atoms with Gasteiger partial charge in [0.05, 0.1) is 37.2 Å². The Bertz CT molecular complexity index is 1230. The number of methoxy groups -OCH3 is 1. The largest absolute Gasteiger partial charge is 0.508 e. The van der Waals surface area contributed by atoms with Crippen LogP contribution in [0.5, 0.6) is 5.75 Å². The Hall–Kier alpha value is -2.18. The summed E-state index contributed by atoms with van der Waals surface area (Å²) >= 11 is 3.56. The number of carbonyl (C=O) groups excluding carboxylic acids is 2. The standard InChI is InChI=1S/C32H45BrO10/c1-17(8-11-23(39-7)21-12-20(35)9-10-22(21)33)29-18(2)25-15-32(43-29)30(4,5)16-31(6,38)26(42-32)14-28(37)40-24(19(3)34)13-27(36)41-25/h9-10,12,14,17-19,23-25,29,34-35,38H,8,11,13,15-16H2,1-7H3/b26-14-/t17-,18-,19+,23-,24+,25-,29+,31-,32+/m0/s1. The van der Waals surface area contributed by atoms with E-state index in [-0.39, 0.29) is 48.7 Å². The minimum atomic E-state index is -1.50. The number of phenols is 1. The average molecular weight is 670 g/mol. The predicted octanol–water partition coefficient (Wildman–Crippen LogP) is 5.07. The summed E-state index contributed by atoms with van der Waals surface area (Å²) in [5, 5.41) is 31.6. The monoisotopic (exact) mass is 668 g/mol. The van der Waals surface area contributed by atoms with Crippen LogP contribution < -0.4 is 0 Å². The van der Waals surface area contributed by atoms with E-state index in [1.165, 1.54) is 6.92 Å². The van der Waals surface area contributed by atoms with Crippen LogP contribution in [0.25, 0.3) is 0 Å². The first-order valence-electron chi connectivity index (χ1n) is 14.9. The highest BCUT2D eigenvalue weighted by Crippen LogP contribution is 2.56. The maximum atomic E-state index is 13.1. The minimum absolute atomic E-state index is 0.000886. The summed E-state index contributed by atoms with van der Waals surface area (Å²) in [6.45, 7) is 10.9. The van der Waals surface area contributed by atoms with Gasteiger partial charge in [0.15, 0.2) is 0 Å². The summed E-state index contributed by atoms with van der Waals surface area (Å²) in [5.74, 6) is -2.91. The Kier molecular flexibility index (Phi) is 9.93. The van der Waals surface area contributed by atoms with Crippen molar-refractivity contribution in [2.45, 2.75) is 116 Å². The van der Waals surface area contributed by atoms with Crippen LogP contribution in [0, 0.1) is 17.3 Å². The zero-order valence-electron chi connectivity index (χ0n) is 26.0. The quantitative estimate of drug-likeness (QED) is 0.337. The molecule has 240 valence electrons. The maximum Gasteiger partial charge on any atom is 0.334 e. The molecule has 11 heteroatoms. The van der Waals surface area contributed by atoms with Gasteiger partial charge in [-0.1, -0.05) is 43.6 Å². The SMILES string of the molecule is CO[C@@H](CC[C@H](C)[C@H]1O[C@@]23C[C@H](OC(=O)C[C@H]([C@@H](C)O)OC(=O)/C=C(\O2)[C@@](C)(O)CC3(C)C)[C@@H]1C)c1cc(O)ccc1Br. The van der Waals surface area contributed by atoms with Crippen molar-refractivity contribution in [1.82, 2.24) is 0 Å². The number of carbonyl (C=O) groups is 2. The van der Waals surface area contributed by atoms with E-state index in [9.17, 15) is 24.9 Å². The van der Waals surface area contributed by atoms with E-state index in [0.717, 1.165) is 16.1 Å². The Morgan fingerprint density at radius 3 is 2.49 bits per heavy atom. The van der Waals surface area contributed by atoms with Crippen molar-refractivity contribution < 1.29 is 48.6 Å². The zero-order chi connectivity index (χ0) is 31.9. The van der Waals surface area contributed by atoms with Gasteiger partial charge in [-0.2, -0.15) is 0 Å². The number of cyclic esters (lactones) is 1. The lowest BCUT2D eigenvalue weighted by Crippen LogP contribution is -2.65. The molecule has 43 heavy (non-hydrogen) atoms. The van der Waals surface area contributed by atoms with Crippen LogP contribution in [0.15, 0.2) is 34.5 Å². The normalized spacial score (nSPS) is 35.9. The van der Waals surface area contributed by atoms with Gasteiger partial charge in [-0.3, -0.25) is 4.79 Å². The van der Waals surface area contributed by atoms with Crippen molar-refractivity contribution in [3.05, 3.63) is 40.1 Å². The molecule has 0 saturated carbocycles. The molecule has 3 bridgehead atoms. The number of benzene rings is 1. The Morgan fingerprint density at radius 1 is 1.14 bits per heavy atom. The summed E-state index contributed by atoms with van der Waals surface area (Å²) < 4.78 is 31.5. The van der Waals surface area contributed by atoms with E-state index in [0.29, 0.717) is 12.8 Å². The van der Waals surface area contributed by atoms with E-state index in [2.05, 4.69) is 22.9 Å². The second-order valence-electron chi connectivity index (χ2n) is 13.3. The highest BCUT2D eigenvalue weighted by atomic mass is 79.9. The Morgan fingerprint density at radius 2 is 1.84 bits per heavy atom. The summed E-state index contributed by atoms with van der Waals surface area (Å²) in [5.41, 5.74) is -1.43. The number of aliphatic hydroxyl groups excluding tert-OH is 1. The van der Waals surface area contributed by atoms with Crippen LogP contribution in [0.4, 0.5) is 0 Å². The lowest BCUT2D eigenvalue weighted by atomic mass is 9.66. The second-order valence-corrected chi connectivity index (χ2v) is 14.1. The number of phenolic OH excluding ortho intramolecular Hbond substituents is 1. The van der Waals surface area contributed by atoms with Gasteiger partial charge in [0, 0.05) is 22.9 Å². The molecule has 3 aliphatic heterocycles. The van der Waals surface area contributed by atoms with Crippen molar-refractivity contribution in [3.8, 4) is 5.75 Å². The topological polar surface area (TPSA) is 141 Å². The molecule has 9 atom stereocenters. The predicted molar refractivity (Wildman–Crippen MR) is 160 cm³/mol. The summed E-state index contributed by atoms with van der Waals surface area (Å²) in [7, 11) is 1.63. The molecule has 0 unspecified atom stereocenters. The number of halogens is 1. The highest BCUT2D eigenvalue weighted by Gasteiger charge is 2.63. The number of hydrogen-bond donors (Lipinski definition) is 3. The van der Waals surface area contributed by atoms with Gasteiger partial charge >= 0.3 is 11.9 Å². The second kappa shape index (κ2) is 12.7. The molecule has 2 fully saturated rings. The molecule has 2 saturated heterocycles. The first-order chi connectivity index (χ1) is 20.0. The average Bonchev–Trinajstić information content (AvgIpc) is 2.89. The van der Waals surface area contributed by atoms with Crippen LogP contribution in [-0.2, 0) is 33.3 Å². The van der Waals surface area contributed by atoms with E-state index in [1.54, 1.807) is 32.2 Å². The number of aromatic hydroxyl groups is 1. The number of hydrogen-bond acceptors (Lipinski definition) is 10. The van der Waals surface area contributed by atoms with E-state index in [1.807, 2.05) is 20.8 Å². The van der Waals surface area contributed by atoms with Crippen molar-refractivity contribution in [2.24, 2.45) is 17.3 Å². The van der Waals surface area contributed by atoms with Gasteiger partial charge in [0.25, 0.3) is 0 Å². The fourth-order valence-corrected chi connectivity index (χ4v) is 7.26. The number of ether oxygens (including phenoxy) is 5. The van der Waals surface area contributed by atoms with E-state index in [4.69, 9.17) is 23.7 Å². The van der Waals surface area contributed by atoms with Crippen molar-refractivity contribution >= 4 is 27.9 Å². The van der Waals surface area contributed by atoms with Crippen LogP contribution in [0.3, 0.4) is 0 Å². The summed E-state index contributed by atoms with van der Waals surface area (Å²) in [4.78, 5) is 26.0. The van der Waals surface area contributed by atoms with Crippen molar-refractivity contribution in [2.75, 3.05) is 7.11 Å². The molecule has 1 aromatic rings. The van der Waals surface area contributed by atoms with E-state index >= 15 is 0 Å². The molecule has 3 heterocycles. The Labute approximate surface area is 261 Å². The fraction of sp³-hybridized carbons (Fsp3) is 0.688. The van der Waals surface area contributed by atoms with Crippen LogP contribution >= 0.6 is 15.9 Å². The van der Waals surface area contributed by atoms with Crippen LogP contribution in [0.1, 0.15) is 85.3 Å². The van der Waals surface area contributed by atoms with Gasteiger partial charge in [0.2, 0.25) is 5.79 Å². The lowest BCUT2D eigenvalue weighted by Gasteiger charge is -2.59. The molecule has 4 rings (SSSR count). The summed E-state index contributed by atoms with van der Waals surface area (Å²) in [6, 6.07) is 5.07. The number of fused-ring (bicyclic) bond motifs is 2. The fourth-order valence-electron chi connectivity index (χ4n) is 6.75. The summed E-state index contributed by atoms with van der Waals surface area (Å²) in [6.07, 6.45) is -1.13. The first kappa shape index (κ1) is 33.7. The molecule has 0 aliphatic carbocycles. The van der Waals surface area contributed by atoms with Crippen molar-refractivity contribution in [1.29, 1.82) is 0 Å². The highest BCUT2D eigenvalue weighted by molar-refractivity contribution is 9.10. The third-order valence-electron chi connectivity index (χ3n) is 9.29. The molecule has 0 amide bonds. The molecule has 3 aliphatic rings. The van der Waals surface area contributed by atoms with Crippen LogP contribution in [0.2, 0.25) is 0 Å². The molecule has 10 nitrogen and oxygen atoms in total. The van der Waals surface area contributed by atoms with Gasteiger partial charge < -0.3 is 39.0 Å². The molecule has 1 spiro atoms. The van der Waals surface area contributed by atoms with E-state index < -0.39 is 53.2 Å². The minimum Gasteiger partial charge on any atom is -0.508 e.